The number of thioether (sulfide) groups is 1. The second-order valence-corrected chi connectivity index (χ2v) is 10.1. The van der Waals surface area contributed by atoms with Crippen molar-refractivity contribution in [2.45, 2.75) is 23.0 Å². The van der Waals surface area contributed by atoms with Gasteiger partial charge in [-0.3, -0.25) is 10.1 Å². The number of carbonyl (C=O) groups excluding carboxylic acids is 1. The molecule has 0 bridgehead atoms. The fourth-order valence-corrected chi connectivity index (χ4v) is 6.10. The van der Waals surface area contributed by atoms with Crippen LogP contribution in [-0.4, -0.2) is 31.1 Å². The van der Waals surface area contributed by atoms with Gasteiger partial charge in [0.05, 0.1) is 11.9 Å². The van der Waals surface area contributed by atoms with Gasteiger partial charge in [0.1, 0.15) is 17.9 Å². The van der Waals surface area contributed by atoms with Crippen LogP contribution in [0.4, 0.5) is 17.6 Å². The van der Waals surface area contributed by atoms with E-state index < -0.39 is 34.8 Å². The predicted octanol–water partition coefficient (Wildman–Crippen LogP) is 7.29. The number of ether oxygens (including phenoxy) is 1. The zero-order valence-electron chi connectivity index (χ0n) is 21.1. The molecule has 0 amide bonds. The summed E-state index contributed by atoms with van der Waals surface area (Å²) in [6, 6.07) is 29.4. The van der Waals surface area contributed by atoms with Gasteiger partial charge in [0.15, 0.2) is 0 Å². The van der Waals surface area contributed by atoms with Crippen molar-refractivity contribution in [2.24, 2.45) is 0 Å². The summed E-state index contributed by atoms with van der Waals surface area (Å²) in [5.41, 5.74) is 2.51. The summed E-state index contributed by atoms with van der Waals surface area (Å²) in [7, 11) is 1.14. The van der Waals surface area contributed by atoms with Crippen LogP contribution in [0.15, 0.2) is 115 Å². The maximum atomic E-state index is 14.2. The third-order valence-corrected chi connectivity index (χ3v) is 8.03. The molecule has 1 unspecified atom stereocenters. The molecule has 0 aliphatic carbocycles. The zero-order valence-corrected chi connectivity index (χ0v) is 21.9. The van der Waals surface area contributed by atoms with E-state index in [2.05, 4.69) is 5.32 Å². The van der Waals surface area contributed by atoms with Crippen LogP contribution in [0.25, 0.3) is 0 Å². The molecule has 2 atom stereocenters. The molecule has 8 heteroatoms. The Morgan fingerprint density at radius 1 is 0.769 bits per heavy atom. The molecule has 4 rings (SSSR count). The SMILES string of the molecule is COC(=O)[C@H](CSC(c1ccccc1)(c1ccccc1)c1ccccc1)NC(c1ccc(F)cc1)C(F)(F)F. The Morgan fingerprint density at radius 2 is 1.21 bits per heavy atom. The molecule has 0 heterocycles. The monoisotopic (exact) mass is 553 g/mol. The summed E-state index contributed by atoms with van der Waals surface area (Å²) in [6.45, 7) is 0. The third-order valence-electron chi connectivity index (χ3n) is 6.39. The topological polar surface area (TPSA) is 38.3 Å². The van der Waals surface area contributed by atoms with E-state index in [1.54, 1.807) is 0 Å². The van der Waals surface area contributed by atoms with Crippen molar-refractivity contribution in [3.8, 4) is 0 Å². The summed E-state index contributed by atoms with van der Waals surface area (Å²) >= 11 is 1.34. The Hall–Kier alpha value is -3.62. The summed E-state index contributed by atoms with van der Waals surface area (Å²) < 4.78 is 60.1. The van der Waals surface area contributed by atoms with Crippen LogP contribution in [0.3, 0.4) is 0 Å². The van der Waals surface area contributed by atoms with Crippen molar-refractivity contribution in [3.05, 3.63) is 143 Å². The van der Waals surface area contributed by atoms with E-state index in [1.807, 2.05) is 91.0 Å². The number of rotatable bonds is 10. The fraction of sp³-hybridized carbons (Fsp3) is 0.194. The Labute approximate surface area is 229 Å². The lowest BCUT2D eigenvalue weighted by Crippen LogP contribution is -2.47. The van der Waals surface area contributed by atoms with E-state index in [0.717, 1.165) is 48.1 Å². The Morgan fingerprint density at radius 3 is 1.59 bits per heavy atom. The van der Waals surface area contributed by atoms with Crippen molar-refractivity contribution in [3.63, 3.8) is 0 Å². The highest BCUT2D eigenvalue weighted by molar-refractivity contribution is 8.00. The van der Waals surface area contributed by atoms with Gasteiger partial charge in [0, 0.05) is 5.75 Å². The Bertz CT molecular complexity index is 1240. The first kappa shape index (κ1) is 28.4. The molecule has 4 aromatic rings. The molecule has 202 valence electrons. The third kappa shape index (κ3) is 6.52. The second kappa shape index (κ2) is 12.5. The van der Waals surface area contributed by atoms with E-state index >= 15 is 0 Å². The molecule has 3 nitrogen and oxygen atoms in total. The highest BCUT2D eigenvalue weighted by Crippen LogP contribution is 2.49. The first-order chi connectivity index (χ1) is 18.8. The van der Waals surface area contributed by atoms with Crippen molar-refractivity contribution in [2.75, 3.05) is 12.9 Å². The highest BCUT2D eigenvalue weighted by atomic mass is 32.2. The van der Waals surface area contributed by atoms with Gasteiger partial charge in [-0.15, -0.1) is 11.8 Å². The smallest absolute Gasteiger partial charge is 0.407 e. The van der Waals surface area contributed by atoms with Crippen LogP contribution in [0.2, 0.25) is 0 Å². The molecule has 0 fully saturated rings. The molecular formula is C31H27F4NO2S. The number of benzene rings is 4. The zero-order chi connectivity index (χ0) is 27.9. The lowest BCUT2D eigenvalue weighted by molar-refractivity contribution is -0.163. The highest BCUT2D eigenvalue weighted by Gasteiger charge is 2.44. The lowest BCUT2D eigenvalue weighted by Gasteiger charge is -2.37. The number of esters is 1. The van der Waals surface area contributed by atoms with Crippen LogP contribution < -0.4 is 5.32 Å². The first-order valence-corrected chi connectivity index (χ1v) is 13.2. The molecule has 0 aromatic heterocycles. The average molecular weight is 554 g/mol. The minimum atomic E-state index is -4.75. The molecule has 0 aliphatic rings. The second-order valence-electron chi connectivity index (χ2n) is 8.86. The number of alkyl halides is 3. The molecule has 0 saturated heterocycles. The van der Waals surface area contributed by atoms with Gasteiger partial charge in [-0.1, -0.05) is 103 Å². The van der Waals surface area contributed by atoms with Crippen LogP contribution in [0, 0.1) is 5.82 Å². The predicted molar refractivity (Wildman–Crippen MR) is 146 cm³/mol. The van der Waals surface area contributed by atoms with E-state index in [9.17, 15) is 22.4 Å². The van der Waals surface area contributed by atoms with Gasteiger partial charge in [-0.2, -0.15) is 13.2 Å². The summed E-state index contributed by atoms with van der Waals surface area (Å²) in [5, 5.41) is 2.46. The molecule has 39 heavy (non-hydrogen) atoms. The van der Waals surface area contributed by atoms with Crippen LogP contribution >= 0.6 is 11.8 Å². The Balaban J connectivity index is 1.77. The number of carbonyl (C=O) groups is 1. The quantitative estimate of drug-likeness (QED) is 0.127. The molecule has 1 N–H and O–H groups in total. The van der Waals surface area contributed by atoms with Gasteiger partial charge in [0.2, 0.25) is 0 Å². The van der Waals surface area contributed by atoms with E-state index in [4.69, 9.17) is 4.74 Å². The van der Waals surface area contributed by atoms with Crippen molar-refractivity contribution < 1.29 is 27.1 Å². The molecule has 0 radical (unpaired) electrons. The summed E-state index contributed by atoms with van der Waals surface area (Å²) in [6.07, 6.45) is -4.75. The minimum Gasteiger partial charge on any atom is -0.468 e. The largest absolute Gasteiger partial charge is 0.468 e. The summed E-state index contributed by atoms with van der Waals surface area (Å²) in [5.74, 6) is -1.54. The molecule has 0 aliphatic heterocycles. The van der Waals surface area contributed by atoms with Crippen LogP contribution in [0.1, 0.15) is 28.3 Å². The summed E-state index contributed by atoms with van der Waals surface area (Å²) in [4.78, 5) is 12.9. The van der Waals surface area contributed by atoms with Gasteiger partial charge in [-0.25, -0.2) is 4.39 Å². The molecular weight excluding hydrogens is 526 g/mol. The fourth-order valence-electron chi connectivity index (χ4n) is 4.54. The van der Waals surface area contributed by atoms with E-state index in [0.29, 0.717) is 0 Å². The number of nitrogens with one attached hydrogen (secondary N) is 1. The number of hydrogen-bond acceptors (Lipinski definition) is 4. The normalized spacial score (nSPS) is 13.5. The maximum Gasteiger partial charge on any atom is 0.407 e. The van der Waals surface area contributed by atoms with Gasteiger partial charge in [-0.05, 0) is 34.4 Å². The standard InChI is InChI=1S/C31H27F4NO2S/c1-38-29(37)27(36-28(31(33,34)35)22-17-19-26(32)20-18-22)21-39-30(23-11-5-2-6-12-23,24-13-7-3-8-14-24)25-15-9-4-10-16-25/h2-20,27-28,36H,21H2,1H3/t27-,28?/m0/s1. The van der Waals surface area contributed by atoms with E-state index in [1.165, 1.54) is 11.8 Å². The molecule has 4 aromatic carbocycles. The van der Waals surface area contributed by atoms with Gasteiger partial charge in [0.25, 0.3) is 0 Å². The Kier molecular flexibility index (Phi) is 9.09. The first-order valence-electron chi connectivity index (χ1n) is 12.2. The van der Waals surface area contributed by atoms with Crippen LogP contribution in [0.5, 0.6) is 0 Å². The number of hydrogen-bond donors (Lipinski definition) is 1. The lowest BCUT2D eigenvalue weighted by atomic mass is 9.84. The number of methoxy groups -OCH3 is 1. The molecule has 0 spiro atoms. The van der Waals surface area contributed by atoms with Crippen molar-refractivity contribution >= 4 is 17.7 Å². The van der Waals surface area contributed by atoms with Crippen LogP contribution in [-0.2, 0) is 14.3 Å². The van der Waals surface area contributed by atoms with Gasteiger partial charge >= 0.3 is 12.1 Å². The van der Waals surface area contributed by atoms with Crippen molar-refractivity contribution in [1.29, 1.82) is 0 Å². The molecule has 0 saturated carbocycles. The maximum absolute atomic E-state index is 14.2. The number of halogens is 4. The minimum absolute atomic E-state index is 0.0564. The average Bonchev–Trinajstić information content (AvgIpc) is 2.96. The van der Waals surface area contributed by atoms with E-state index in [-0.39, 0.29) is 11.3 Å². The van der Waals surface area contributed by atoms with Gasteiger partial charge < -0.3 is 4.74 Å². The van der Waals surface area contributed by atoms with Crippen molar-refractivity contribution in [1.82, 2.24) is 5.32 Å².